The Labute approximate surface area is 150 Å². The molecular formula is C20H30N4O. The van der Waals surface area contributed by atoms with Gasteiger partial charge in [-0.2, -0.15) is 0 Å². The largest absolute Gasteiger partial charge is 0.354 e. The number of carbonyl (C=O) groups excluding carboxylic acids is 1. The molecule has 1 aliphatic heterocycles. The molecule has 5 heteroatoms. The molecular weight excluding hydrogens is 312 g/mol. The topological polar surface area (TPSA) is 48.5 Å². The normalized spacial score (nSPS) is 29.2. The van der Waals surface area contributed by atoms with Crippen LogP contribution in [0.15, 0.2) is 18.3 Å². The highest BCUT2D eigenvalue weighted by Crippen LogP contribution is 2.46. The molecule has 2 aliphatic carbocycles. The molecule has 3 unspecified atom stereocenters. The molecule has 1 N–H and O–H groups in total. The molecule has 0 spiro atoms. The van der Waals surface area contributed by atoms with E-state index < -0.39 is 0 Å². The van der Waals surface area contributed by atoms with Gasteiger partial charge in [-0.3, -0.25) is 9.69 Å². The van der Waals surface area contributed by atoms with Crippen molar-refractivity contribution in [3.05, 3.63) is 23.9 Å². The van der Waals surface area contributed by atoms with E-state index in [1.54, 1.807) is 6.20 Å². The second-order valence-electron chi connectivity index (χ2n) is 7.93. The first-order valence-corrected chi connectivity index (χ1v) is 9.98. The number of rotatable bonds is 5. The van der Waals surface area contributed by atoms with Crippen molar-refractivity contribution in [2.75, 3.05) is 37.6 Å². The van der Waals surface area contributed by atoms with Crippen LogP contribution in [0.25, 0.3) is 0 Å². The van der Waals surface area contributed by atoms with E-state index in [2.05, 4.69) is 27.0 Å². The average molecular weight is 342 g/mol. The molecule has 5 nitrogen and oxygen atoms in total. The third-order valence-corrected chi connectivity index (χ3v) is 6.35. The Kier molecular flexibility index (Phi) is 4.93. The summed E-state index contributed by atoms with van der Waals surface area (Å²) in [5.74, 6) is 2.96. The lowest BCUT2D eigenvalue weighted by molar-refractivity contribution is 0.0953. The van der Waals surface area contributed by atoms with Gasteiger partial charge in [0, 0.05) is 45.0 Å². The molecule has 3 fully saturated rings. The fraction of sp³-hybridized carbons (Fsp3) is 0.700. The van der Waals surface area contributed by atoms with E-state index in [9.17, 15) is 4.79 Å². The van der Waals surface area contributed by atoms with E-state index in [0.717, 1.165) is 56.3 Å². The van der Waals surface area contributed by atoms with Crippen LogP contribution in [0.2, 0.25) is 0 Å². The van der Waals surface area contributed by atoms with Crippen molar-refractivity contribution < 1.29 is 4.79 Å². The maximum absolute atomic E-state index is 12.0. The molecule has 0 aromatic carbocycles. The molecule has 3 aliphatic rings. The first kappa shape index (κ1) is 16.8. The van der Waals surface area contributed by atoms with Crippen molar-refractivity contribution in [3.8, 4) is 0 Å². The maximum Gasteiger partial charge on any atom is 0.252 e. The Bertz CT molecular complexity index is 594. The predicted molar refractivity (Wildman–Crippen MR) is 99.9 cm³/mol. The highest BCUT2D eigenvalue weighted by Gasteiger charge is 2.42. The van der Waals surface area contributed by atoms with Gasteiger partial charge in [0.15, 0.2) is 0 Å². The van der Waals surface area contributed by atoms with Gasteiger partial charge >= 0.3 is 0 Å². The van der Waals surface area contributed by atoms with Gasteiger partial charge in [0.25, 0.3) is 5.91 Å². The summed E-state index contributed by atoms with van der Waals surface area (Å²) in [6, 6.07) is 4.74. The van der Waals surface area contributed by atoms with E-state index >= 15 is 0 Å². The van der Waals surface area contributed by atoms with Gasteiger partial charge in [-0.15, -0.1) is 0 Å². The summed E-state index contributed by atoms with van der Waals surface area (Å²) >= 11 is 0. The van der Waals surface area contributed by atoms with Crippen molar-refractivity contribution in [2.24, 2.45) is 11.8 Å². The lowest BCUT2D eigenvalue weighted by Gasteiger charge is -2.41. The summed E-state index contributed by atoms with van der Waals surface area (Å²) in [4.78, 5) is 21.6. The first-order chi connectivity index (χ1) is 12.2. The molecule has 136 valence electrons. The molecule has 4 rings (SSSR count). The summed E-state index contributed by atoms with van der Waals surface area (Å²) in [7, 11) is 0. The quantitative estimate of drug-likeness (QED) is 0.893. The van der Waals surface area contributed by atoms with E-state index in [1.165, 1.54) is 25.7 Å². The average Bonchev–Trinajstić information content (AvgIpc) is 3.30. The third-order valence-electron chi connectivity index (χ3n) is 6.35. The number of piperazine rings is 1. The van der Waals surface area contributed by atoms with Crippen LogP contribution in [-0.2, 0) is 0 Å². The summed E-state index contributed by atoms with van der Waals surface area (Å²) in [5.41, 5.74) is 0.651. The van der Waals surface area contributed by atoms with Crippen LogP contribution >= 0.6 is 0 Å². The monoisotopic (exact) mass is 342 g/mol. The second kappa shape index (κ2) is 7.32. The molecule has 25 heavy (non-hydrogen) atoms. The van der Waals surface area contributed by atoms with E-state index in [4.69, 9.17) is 0 Å². The van der Waals surface area contributed by atoms with Crippen LogP contribution in [0.1, 0.15) is 49.4 Å². The molecule has 2 saturated carbocycles. The molecule has 0 radical (unpaired) electrons. The second-order valence-corrected chi connectivity index (χ2v) is 7.93. The molecule has 2 heterocycles. The first-order valence-electron chi connectivity index (χ1n) is 9.98. The van der Waals surface area contributed by atoms with Crippen LogP contribution < -0.4 is 10.2 Å². The smallest absolute Gasteiger partial charge is 0.252 e. The van der Waals surface area contributed by atoms with Gasteiger partial charge in [-0.1, -0.05) is 13.3 Å². The van der Waals surface area contributed by atoms with Crippen molar-refractivity contribution in [1.82, 2.24) is 15.2 Å². The highest BCUT2D eigenvalue weighted by molar-refractivity contribution is 5.94. The van der Waals surface area contributed by atoms with Gasteiger partial charge in [-0.25, -0.2) is 4.98 Å². The Balaban J connectivity index is 1.31. The van der Waals surface area contributed by atoms with Gasteiger partial charge in [0.2, 0.25) is 0 Å². The SMILES string of the molecule is CCCNC(=O)c1ccc(N2CCN(C3CC4CCC3C4)CC2)nc1. The molecule has 1 saturated heterocycles. The Morgan fingerprint density at radius 2 is 2.04 bits per heavy atom. The fourth-order valence-electron chi connectivity index (χ4n) is 4.99. The van der Waals surface area contributed by atoms with Crippen molar-refractivity contribution >= 4 is 11.7 Å². The standard InChI is InChI=1S/C20H30N4O/c1-2-7-21-20(25)17-5-6-19(22-14-17)24-10-8-23(9-11-24)18-13-15-3-4-16(18)12-15/h5-6,14-16,18H,2-4,7-13H2,1H3,(H,21,25). The minimum absolute atomic E-state index is 0.0259. The maximum atomic E-state index is 12.0. The van der Waals surface area contributed by atoms with E-state index in [1.807, 2.05) is 12.1 Å². The van der Waals surface area contributed by atoms with Crippen LogP contribution in [-0.4, -0.2) is 54.6 Å². The summed E-state index contributed by atoms with van der Waals surface area (Å²) in [6.45, 7) is 7.15. The number of pyridine rings is 1. The lowest BCUT2D eigenvalue weighted by Crippen LogP contribution is -2.52. The number of carbonyl (C=O) groups is 1. The summed E-state index contributed by atoms with van der Waals surface area (Å²) in [6.07, 6.45) is 8.51. The molecule has 1 aromatic rings. The van der Waals surface area contributed by atoms with Gasteiger partial charge < -0.3 is 10.2 Å². The summed E-state index contributed by atoms with van der Waals surface area (Å²) in [5, 5.41) is 2.90. The molecule has 1 aromatic heterocycles. The minimum Gasteiger partial charge on any atom is -0.354 e. The van der Waals surface area contributed by atoms with Crippen molar-refractivity contribution in [1.29, 1.82) is 0 Å². The Morgan fingerprint density at radius 1 is 1.20 bits per heavy atom. The summed E-state index contributed by atoms with van der Waals surface area (Å²) < 4.78 is 0. The number of nitrogens with one attached hydrogen (secondary N) is 1. The number of anilines is 1. The minimum atomic E-state index is -0.0259. The van der Waals surface area contributed by atoms with Crippen LogP contribution in [0, 0.1) is 11.8 Å². The zero-order chi connectivity index (χ0) is 17.2. The number of fused-ring (bicyclic) bond motifs is 2. The van der Waals surface area contributed by atoms with Crippen LogP contribution in [0.4, 0.5) is 5.82 Å². The van der Waals surface area contributed by atoms with Crippen molar-refractivity contribution in [3.63, 3.8) is 0 Å². The van der Waals surface area contributed by atoms with Gasteiger partial charge in [0.05, 0.1) is 5.56 Å². The number of hydrogen-bond donors (Lipinski definition) is 1. The third kappa shape index (κ3) is 3.52. The van der Waals surface area contributed by atoms with Crippen molar-refractivity contribution in [2.45, 2.75) is 45.1 Å². The number of nitrogens with zero attached hydrogens (tertiary/aromatic N) is 3. The zero-order valence-corrected chi connectivity index (χ0v) is 15.3. The number of hydrogen-bond acceptors (Lipinski definition) is 4. The highest BCUT2D eigenvalue weighted by atomic mass is 16.1. The lowest BCUT2D eigenvalue weighted by atomic mass is 9.93. The van der Waals surface area contributed by atoms with E-state index in [-0.39, 0.29) is 5.91 Å². The van der Waals surface area contributed by atoms with Crippen LogP contribution in [0.3, 0.4) is 0 Å². The molecule has 1 amide bonds. The number of aromatic nitrogens is 1. The predicted octanol–water partition coefficient (Wildman–Crippen LogP) is 2.53. The molecule has 3 atom stereocenters. The van der Waals surface area contributed by atoms with Crippen LogP contribution in [0.5, 0.6) is 0 Å². The van der Waals surface area contributed by atoms with Gasteiger partial charge in [0.1, 0.15) is 5.82 Å². The Hall–Kier alpha value is -1.62. The Morgan fingerprint density at radius 3 is 2.64 bits per heavy atom. The fourth-order valence-corrected chi connectivity index (χ4v) is 4.99. The van der Waals surface area contributed by atoms with Gasteiger partial charge in [-0.05, 0) is 49.7 Å². The molecule has 2 bridgehead atoms. The number of amides is 1. The zero-order valence-electron chi connectivity index (χ0n) is 15.3. The van der Waals surface area contributed by atoms with E-state index in [0.29, 0.717) is 12.1 Å².